The fraction of sp³-hybridized carbons (Fsp3) is 0.333. The molecule has 0 aromatic carbocycles. The molecule has 7 nitrogen and oxygen atoms in total. The number of nitrogens with zero attached hydrogens (tertiary/aromatic N) is 4. The van der Waals surface area contributed by atoms with Crippen molar-refractivity contribution in [3.8, 4) is 5.82 Å². The summed E-state index contributed by atoms with van der Waals surface area (Å²) < 4.78 is 54.4. The summed E-state index contributed by atoms with van der Waals surface area (Å²) in [5.41, 5.74) is -0.248. The number of imidazole rings is 1. The van der Waals surface area contributed by atoms with E-state index >= 15 is 0 Å². The Bertz CT molecular complexity index is 1110. The van der Waals surface area contributed by atoms with Gasteiger partial charge in [-0.1, -0.05) is 12.5 Å². The molecule has 1 amide bonds. The van der Waals surface area contributed by atoms with Gasteiger partial charge in [0, 0.05) is 12.3 Å². The topological polar surface area (TPSA) is 84.7 Å². The van der Waals surface area contributed by atoms with Crippen LogP contribution in [0.1, 0.15) is 42.4 Å². The molecule has 0 bridgehead atoms. The average molecular weight is 448 g/mol. The standard InChI is InChI=1S/C21H20F4N6O/c22-15-8-14(30-19(32)9-13-4-3-6-18(29-13)21(23,24)25)10-27-20(15)31-11-17(28-12-31)16-5-1-2-7-26-16/h3-4,6,8,10-12,16,26H,1-2,5,7,9H2,(H,30,32). The van der Waals surface area contributed by atoms with Crippen molar-refractivity contribution in [1.29, 1.82) is 0 Å². The zero-order valence-corrected chi connectivity index (χ0v) is 16.9. The van der Waals surface area contributed by atoms with E-state index in [1.54, 1.807) is 6.20 Å². The third-order valence-electron chi connectivity index (χ3n) is 5.06. The van der Waals surface area contributed by atoms with E-state index in [0.29, 0.717) is 0 Å². The van der Waals surface area contributed by atoms with Crippen LogP contribution < -0.4 is 10.6 Å². The number of anilines is 1. The molecule has 2 N–H and O–H groups in total. The minimum atomic E-state index is -4.60. The summed E-state index contributed by atoms with van der Waals surface area (Å²) in [6.07, 6.45) is 2.64. The van der Waals surface area contributed by atoms with Crippen LogP contribution in [0, 0.1) is 5.82 Å². The highest BCUT2D eigenvalue weighted by molar-refractivity contribution is 5.91. The van der Waals surface area contributed by atoms with E-state index in [-0.39, 0.29) is 23.2 Å². The van der Waals surface area contributed by atoms with Gasteiger partial charge in [-0.15, -0.1) is 0 Å². The molecule has 11 heteroatoms. The predicted octanol–water partition coefficient (Wildman–Crippen LogP) is 3.82. The van der Waals surface area contributed by atoms with Crippen LogP contribution in [0.15, 0.2) is 43.0 Å². The number of amides is 1. The lowest BCUT2D eigenvalue weighted by molar-refractivity contribution is -0.141. The molecule has 1 unspecified atom stereocenters. The first-order valence-corrected chi connectivity index (χ1v) is 10.1. The van der Waals surface area contributed by atoms with Gasteiger partial charge in [-0.3, -0.25) is 9.36 Å². The lowest BCUT2D eigenvalue weighted by Crippen LogP contribution is -2.26. The van der Waals surface area contributed by atoms with Gasteiger partial charge >= 0.3 is 6.18 Å². The van der Waals surface area contributed by atoms with Crippen molar-refractivity contribution < 1.29 is 22.4 Å². The summed E-state index contributed by atoms with van der Waals surface area (Å²) in [4.78, 5) is 24.0. The maximum Gasteiger partial charge on any atom is 0.433 e. The van der Waals surface area contributed by atoms with Gasteiger partial charge < -0.3 is 10.6 Å². The SMILES string of the molecule is O=C(Cc1cccc(C(F)(F)F)n1)Nc1cnc(-n2cnc(C3CCCCN3)c2)c(F)c1. The number of rotatable bonds is 5. The van der Waals surface area contributed by atoms with E-state index in [1.165, 1.54) is 29.2 Å². The number of carbonyl (C=O) groups excluding carboxylic acids is 1. The molecule has 0 spiro atoms. The third kappa shape index (κ3) is 5.10. The molecule has 1 atom stereocenters. The van der Waals surface area contributed by atoms with Crippen molar-refractivity contribution in [2.24, 2.45) is 0 Å². The van der Waals surface area contributed by atoms with Crippen molar-refractivity contribution in [2.45, 2.75) is 37.9 Å². The molecular formula is C21H20F4N6O. The molecule has 0 aliphatic carbocycles. The Morgan fingerprint density at radius 1 is 1.25 bits per heavy atom. The number of hydrogen-bond acceptors (Lipinski definition) is 5. The largest absolute Gasteiger partial charge is 0.433 e. The second-order valence-corrected chi connectivity index (χ2v) is 7.47. The molecule has 0 radical (unpaired) electrons. The number of aromatic nitrogens is 4. The second kappa shape index (κ2) is 9.03. The van der Waals surface area contributed by atoms with Crippen molar-refractivity contribution in [2.75, 3.05) is 11.9 Å². The molecule has 1 aliphatic heterocycles. The number of alkyl halides is 3. The molecule has 168 valence electrons. The van der Waals surface area contributed by atoms with Crippen molar-refractivity contribution in [3.63, 3.8) is 0 Å². The summed E-state index contributed by atoms with van der Waals surface area (Å²) in [6.45, 7) is 0.911. The van der Waals surface area contributed by atoms with Gasteiger partial charge in [0.05, 0.1) is 35.7 Å². The Morgan fingerprint density at radius 3 is 2.81 bits per heavy atom. The molecule has 1 fully saturated rings. The number of carbonyl (C=O) groups is 1. The summed E-state index contributed by atoms with van der Waals surface area (Å²) in [7, 11) is 0. The number of hydrogen-bond donors (Lipinski definition) is 2. The summed E-state index contributed by atoms with van der Waals surface area (Å²) in [5.74, 6) is -1.29. The molecule has 32 heavy (non-hydrogen) atoms. The molecule has 3 aromatic heterocycles. The lowest BCUT2D eigenvalue weighted by Gasteiger charge is -2.21. The number of halogens is 4. The third-order valence-corrected chi connectivity index (χ3v) is 5.06. The monoisotopic (exact) mass is 448 g/mol. The van der Waals surface area contributed by atoms with Crippen molar-refractivity contribution in [3.05, 3.63) is 65.9 Å². The Kier molecular flexibility index (Phi) is 6.17. The van der Waals surface area contributed by atoms with E-state index in [4.69, 9.17) is 0 Å². The first kappa shape index (κ1) is 21.9. The lowest BCUT2D eigenvalue weighted by atomic mass is 10.0. The number of nitrogens with one attached hydrogen (secondary N) is 2. The zero-order valence-electron chi connectivity index (χ0n) is 16.9. The molecule has 1 aliphatic rings. The maximum absolute atomic E-state index is 14.6. The van der Waals surface area contributed by atoms with Gasteiger partial charge in [0.25, 0.3) is 0 Å². The van der Waals surface area contributed by atoms with E-state index in [1.807, 2.05) is 0 Å². The van der Waals surface area contributed by atoms with Crippen LogP contribution in [0.2, 0.25) is 0 Å². The minimum absolute atomic E-state index is 0.0251. The Labute approximate surface area is 180 Å². The Morgan fingerprint density at radius 2 is 2.09 bits per heavy atom. The average Bonchev–Trinajstić information content (AvgIpc) is 3.24. The van der Waals surface area contributed by atoms with Gasteiger partial charge in [-0.2, -0.15) is 13.2 Å². The zero-order chi connectivity index (χ0) is 22.7. The summed E-state index contributed by atoms with van der Waals surface area (Å²) in [5, 5.41) is 5.80. The molecule has 1 saturated heterocycles. The quantitative estimate of drug-likeness (QED) is 0.580. The fourth-order valence-electron chi connectivity index (χ4n) is 3.53. The van der Waals surface area contributed by atoms with Gasteiger partial charge in [-0.05, 0) is 31.5 Å². The van der Waals surface area contributed by atoms with E-state index in [2.05, 4.69) is 25.6 Å². The molecule has 3 aromatic rings. The van der Waals surface area contributed by atoms with E-state index in [9.17, 15) is 22.4 Å². The predicted molar refractivity (Wildman–Crippen MR) is 107 cm³/mol. The van der Waals surface area contributed by atoms with Crippen LogP contribution in [0.4, 0.5) is 23.2 Å². The van der Waals surface area contributed by atoms with Gasteiger partial charge in [0.1, 0.15) is 12.0 Å². The van der Waals surface area contributed by atoms with Crippen LogP contribution >= 0.6 is 0 Å². The van der Waals surface area contributed by atoms with Crippen molar-refractivity contribution >= 4 is 11.6 Å². The first-order valence-electron chi connectivity index (χ1n) is 10.1. The van der Waals surface area contributed by atoms with Crippen LogP contribution in [-0.2, 0) is 17.4 Å². The van der Waals surface area contributed by atoms with E-state index < -0.39 is 30.0 Å². The summed E-state index contributed by atoms with van der Waals surface area (Å²) >= 11 is 0. The highest BCUT2D eigenvalue weighted by Crippen LogP contribution is 2.27. The first-order chi connectivity index (χ1) is 15.3. The number of piperidine rings is 1. The van der Waals surface area contributed by atoms with E-state index in [0.717, 1.165) is 43.6 Å². The molecular weight excluding hydrogens is 428 g/mol. The highest BCUT2D eigenvalue weighted by atomic mass is 19.4. The number of pyridine rings is 2. The fourth-order valence-corrected chi connectivity index (χ4v) is 3.53. The second-order valence-electron chi connectivity index (χ2n) is 7.47. The van der Waals surface area contributed by atoms with Gasteiger partial charge in [0.2, 0.25) is 5.91 Å². The van der Waals surface area contributed by atoms with Crippen LogP contribution in [-0.4, -0.2) is 32.0 Å². The normalized spacial score (nSPS) is 16.7. The van der Waals surface area contributed by atoms with Crippen LogP contribution in [0.25, 0.3) is 5.82 Å². The van der Waals surface area contributed by atoms with Crippen molar-refractivity contribution in [1.82, 2.24) is 24.8 Å². The highest BCUT2D eigenvalue weighted by Gasteiger charge is 2.32. The van der Waals surface area contributed by atoms with Gasteiger partial charge in [0.15, 0.2) is 11.6 Å². The van der Waals surface area contributed by atoms with Gasteiger partial charge in [-0.25, -0.2) is 19.3 Å². The minimum Gasteiger partial charge on any atom is -0.324 e. The molecule has 0 saturated carbocycles. The molecule has 4 rings (SSSR count). The summed E-state index contributed by atoms with van der Waals surface area (Å²) in [6, 6.07) is 4.53. The maximum atomic E-state index is 14.6. The smallest absolute Gasteiger partial charge is 0.324 e. The van der Waals surface area contributed by atoms with Crippen LogP contribution in [0.5, 0.6) is 0 Å². The Hall–Kier alpha value is -3.34. The molecule has 4 heterocycles. The Balaban J connectivity index is 1.42. The van der Waals surface area contributed by atoms with Crippen LogP contribution in [0.3, 0.4) is 0 Å².